The molecule has 0 amide bonds. The molecule has 3 aromatic carbocycles. The van der Waals surface area contributed by atoms with E-state index in [0.717, 1.165) is 22.3 Å². The Labute approximate surface area is 206 Å². The second kappa shape index (κ2) is 10.3. The number of rotatable bonds is 8. The molecule has 0 atom stereocenters. The average molecular weight is 485 g/mol. The van der Waals surface area contributed by atoms with Crippen molar-refractivity contribution in [2.45, 2.75) is 20.4 Å². The molecule has 0 unspecified atom stereocenters. The van der Waals surface area contributed by atoms with E-state index >= 15 is 0 Å². The molecule has 2 heterocycles. The molecule has 0 fully saturated rings. The van der Waals surface area contributed by atoms with Gasteiger partial charge in [-0.1, -0.05) is 54.6 Å². The number of hydrogen-bond donors (Lipinski definition) is 1. The molecule has 0 aliphatic heterocycles. The molecule has 5 rings (SSSR count). The maximum Gasteiger partial charge on any atom is 0.513 e. The fraction of sp³-hybridized carbons (Fsp3) is 0.192. The third-order valence-corrected chi connectivity index (χ3v) is 5.54. The van der Waals surface area contributed by atoms with E-state index in [9.17, 15) is 4.79 Å². The zero-order valence-electron chi connectivity index (χ0n) is 19.8. The van der Waals surface area contributed by atoms with Crippen LogP contribution < -0.4 is 9.47 Å². The molecule has 10 nitrogen and oxygen atoms in total. The number of fused-ring (bicyclic) bond motifs is 1. The number of H-pyrrole nitrogens is 1. The number of imidazole rings is 1. The molecule has 1 N–H and O–H groups in total. The van der Waals surface area contributed by atoms with E-state index < -0.39 is 6.16 Å². The van der Waals surface area contributed by atoms with Gasteiger partial charge in [0.15, 0.2) is 5.75 Å². The summed E-state index contributed by atoms with van der Waals surface area (Å²) in [5, 5.41) is 14.4. The summed E-state index contributed by atoms with van der Waals surface area (Å²) < 4.78 is 18.1. The molecule has 2 aromatic heterocycles. The Hall–Kier alpha value is -4.73. The summed E-state index contributed by atoms with van der Waals surface area (Å²) in [5.74, 6) is 0.894. The van der Waals surface area contributed by atoms with Crippen LogP contribution in [0, 0.1) is 0 Å². The zero-order valence-corrected chi connectivity index (χ0v) is 19.8. The van der Waals surface area contributed by atoms with E-state index in [1.807, 2.05) is 66.1 Å². The first-order chi connectivity index (χ1) is 17.7. The van der Waals surface area contributed by atoms with E-state index in [-0.39, 0.29) is 6.61 Å². The zero-order chi connectivity index (χ0) is 24.9. The fourth-order valence-corrected chi connectivity index (χ4v) is 4.01. The van der Waals surface area contributed by atoms with Crippen molar-refractivity contribution in [3.63, 3.8) is 0 Å². The molecule has 0 saturated carbocycles. The first-order valence-electron chi connectivity index (χ1n) is 11.6. The maximum atomic E-state index is 12.0. The summed E-state index contributed by atoms with van der Waals surface area (Å²) in [5.41, 5.74) is 5.23. The number of tetrazole rings is 1. The van der Waals surface area contributed by atoms with Crippen LogP contribution >= 0.6 is 0 Å². The quantitative estimate of drug-likeness (QED) is 0.245. The summed E-state index contributed by atoms with van der Waals surface area (Å²) in [4.78, 5) is 16.6. The lowest BCUT2D eigenvalue weighted by molar-refractivity contribution is 0.104. The number of aromatic nitrogens is 6. The second-order valence-electron chi connectivity index (χ2n) is 7.80. The van der Waals surface area contributed by atoms with E-state index in [1.165, 1.54) is 0 Å². The van der Waals surface area contributed by atoms with Crippen LogP contribution in [0.2, 0.25) is 0 Å². The lowest BCUT2D eigenvalue weighted by atomic mass is 9.98. The van der Waals surface area contributed by atoms with Gasteiger partial charge in [0.1, 0.15) is 5.52 Å². The van der Waals surface area contributed by atoms with Gasteiger partial charge in [-0.25, -0.2) is 4.79 Å². The number of aromatic amines is 1. The van der Waals surface area contributed by atoms with Crippen molar-refractivity contribution in [2.24, 2.45) is 0 Å². The van der Waals surface area contributed by atoms with Gasteiger partial charge in [-0.2, -0.15) is 10.2 Å². The monoisotopic (exact) mass is 484 g/mol. The number of para-hydroxylation sites is 1. The van der Waals surface area contributed by atoms with Crippen LogP contribution in [0.4, 0.5) is 4.79 Å². The predicted molar refractivity (Wildman–Crippen MR) is 133 cm³/mol. The standard InChI is InChI=1S/C26H24N6O4/c1-3-34-25-27-21-10-7-11-22(36-26(33)35-4-2)23(21)32(25)16-17-12-14-18(15-13-17)19-8-5-6-9-20(19)24-28-30-31-29-24/h5-15H,3-4,16H2,1-2H3,(H,28,29,30,31). The number of nitrogens with zero attached hydrogens (tertiary/aromatic N) is 5. The van der Waals surface area contributed by atoms with Gasteiger partial charge >= 0.3 is 6.16 Å². The third kappa shape index (κ3) is 4.61. The van der Waals surface area contributed by atoms with Gasteiger partial charge < -0.3 is 14.2 Å². The summed E-state index contributed by atoms with van der Waals surface area (Å²) >= 11 is 0. The minimum atomic E-state index is -0.764. The molecule has 0 bridgehead atoms. The number of carbonyl (C=O) groups is 1. The van der Waals surface area contributed by atoms with Gasteiger partial charge in [0.2, 0.25) is 5.82 Å². The van der Waals surface area contributed by atoms with Crippen molar-refractivity contribution in [3.8, 4) is 34.3 Å². The Morgan fingerprint density at radius 1 is 0.944 bits per heavy atom. The Morgan fingerprint density at radius 3 is 2.47 bits per heavy atom. The van der Waals surface area contributed by atoms with Gasteiger partial charge in [0, 0.05) is 5.56 Å². The van der Waals surface area contributed by atoms with E-state index in [0.29, 0.717) is 41.8 Å². The molecule has 5 aromatic rings. The van der Waals surface area contributed by atoms with Crippen LogP contribution in [-0.2, 0) is 11.3 Å². The molecule has 0 spiro atoms. The van der Waals surface area contributed by atoms with E-state index in [2.05, 4.69) is 25.6 Å². The summed E-state index contributed by atoms with van der Waals surface area (Å²) in [7, 11) is 0. The predicted octanol–water partition coefficient (Wildman–Crippen LogP) is 4.87. The largest absolute Gasteiger partial charge is 0.513 e. The maximum absolute atomic E-state index is 12.0. The van der Waals surface area contributed by atoms with Crippen molar-refractivity contribution in [1.29, 1.82) is 0 Å². The first-order valence-corrected chi connectivity index (χ1v) is 11.6. The minimum Gasteiger partial charge on any atom is -0.465 e. The summed E-state index contributed by atoms with van der Waals surface area (Å²) in [6.45, 7) is 4.75. The van der Waals surface area contributed by atoms with Gasteiger partial charge in [-0.05, 0) is 47.9 Å². The number of benzene rings is 3. The van der Waals surface area contributed by atoms with Gasteiger partial charge in [0.25, 0.3) is 6.01 Å². The highest BCUT2D eigenvalue weighted by Gasteiger charge is 2.19. The summed E-state index contributed by atoms with van der Waals surface area (Å²) in [6.07, 6.45) is -0.764. The van der Waals surface area contributed by atoms with Crippen LogP contribution in [0.15, 0.2) is 66.7 Å². The molecule has 10 heteroatoms. The number of ether oxygens (including phenoxy) is 3. The lowest BCUT2D eigenvalue weighted by Gasteiger charge is -2.12. The van der Waals surface area contributed by atoms with Crippen LogP contribution in [0.25, 0.3) is 33.5 Å². The van der Waals surface area contributed by atoms with Gasteiger partial charge in [-0.15, -0.1) is 10.2 Å². The van der Waals surface area contributed by atoms with Crippen LogP contribution in [0.5, 0.6) is 11.8 Å². The van der Waals surface area contributed by atoms with Gasteiger partial charge in [0.05, 0.1) is 25.3 Å². The summed E-state index contributed by atoms with van der Waals surface area (Å²) in [6, 6.07) is 21.9. The highest BCUT2D eigenvalue weighted by atomic mass is 16.7. The molecule has 0 saturated heterocycles. The molecule has 0 radical (unpaired) electrons. The first kappa shape index (κ1) is 23.0. The smallest absolute Gasteiger partial charge is 0.465 e. The van der Waals surface area contributed by atoms with E-state index in [1.54, 1.807) is 19.1 Å². The van der Waals surface area contributed by atoms with Crippen molar-refractivity contribution in [3.05, 3.63) is 72.3 Å². The molecule has 182 valence electrons. The normalized spacial score (nSPS) is 10.9. The topological polar surface area (TPSA) is 117 Å². The Morgan fingerprint density at radius 2 is 1.75 bits per heavy atom. The molecule has 0 aliphatic carbocycles. The fourth-order valence-electron chi connectivity index (χ4n) is 4.01. The highest BCUT2D eigenvalue weighted by Crippen LogP contribution is 2.33. The molecule has 0 aliphatic rings. The Kier molecular flexibility index (Phi) is 6.57. The van der Waals surface area contributed by atoms with Gasteiger partial charge in [-0.3, -0.25) is 4.57 Å². The second-order valence-corrected chi connectivity index (χ2v) is 7.80. The number of hydrogen-bond acceptors (Lipinski definition) is 8. The van der Waals surface area contributed by atoms with Crippen LogP contribution in [0.3, 0.4) is 0 Å². The van der Waals surface area contributed by atoms with Crippen LogP contribution in [-0.4, -0.2) is 49.5 Å². The van der Waals surface area contributed by atoms with Crippen molar-refractivity contribution < 1.29 is 19.0 Å². The number of nitrogens with one attached hydrogen (secondary N) is 1. The number of carbonyl (C=O) groups excluding carboxylic acids is 1. The Balaban J connectivity index is 1.49. The molecular weight excluding hydrogens is 460 g/mol. The lowest BCUT2D eigenvalue weighted by Crippen LogP contribution is -2.11. The highest BCUT2D eigenvalue weighted by molar-refractivity contribution is 5.85. The molecule has 36 heavy (non-hydrogen) atoms. The minimum absolute atomic E-state index is 0.223. The molecular formula is C26H24N6O4. The Bertz CT molecular complexity index is 1480. The van der Waals surface area contributed by atoms with Crippen molar-refractivity contribution in [1.82, 2.24) is 30.2 Å². The van der Waals surface area contributed by atoms with E-state index in [4.69, 9.17) is 14.2 Å². The average Bonchev–Trinajstić information content (AvgIpc) is 3.54. The van der Waals surface area contributed by atoms with Crippen molar-refractivity contribution in [2.75, 3.05) is 13.2 Å². The van der Waals surface area contributed by atoms with Crippen LogP contribution in [0.1, 0.15) is 19.4 Å². The SMILES string of the molecule is CCOC(=O)Oc1cccc2nc(OCC)n(Cc3ccc(-c4ccccc4-c4nn[nH]n4)cc3)c12. The third-order valence-electron chi connectivity index (χ3n) is 5.54. The van der Waals surface area contributed by atoms with Crippen molar-refractivity contribution >= 4 is 17.2 Å².